The van der Waals surface area contributed by atoms with Gasteiger partial charge in [-0.25, -0.2) is 0 Å². The number of hydrogen-bond acceptors (Lipinski definition) is 3. The number of aromatic nitrogens is 1. The topological polar surface area (TPSA) is 34.1 Å². The minimum absolute atomic E-state index is 0.107. The normalized spacial score (nSPS) is 24.2. The highest BCUT2D eigenvalue weighted by Gasteiger charge is 2.36. The lowest BCUT2D eigenvalue weighted by Crippen LogP contribution is -2.38. The van der Waals surface area contributed by atoms with Gasteiger partial charge in [-0.1, -0.05) is 13.8 Å². The van der Waals surface area contributed by atoms with Crippen molar-refractivity contribution in [3.8, 4) is 5.75 Å². The fourth-order valence-corrected chi connectivity index (χ4v) is 2.83. The Kier molecular flexibility index (Phi) is 3.67. The van der Waals surface area contributed by atoms with Crippen molar-refractivity contribution in [1.82, 2.24) is 10.3 Å². The van der Waals surface area contributed by atoms with Crippen LogP contribution >= 0.6 is 0 Å². The van der Waals surface area contributed by atoms with Crippen LogP contribution in [0, 0.1) is 5.92 Å². The van der Waals surface area contributed by atoms with Crippen LogP contribution in [0.3, 0.4) is 0 Å². The van der Waals surface area contributed by atoms with Crippen molar-refractivity contribution >= 4 is 0 Å². The van der Waals surface area contributed by atoms with Crippen LogP contribution in [-0.4, -0.2) is 18.6 Å². The first-order valence-electron chi connectivity index (χ1n) is 6.41. The first-order valence-corrected chi connectivity index (χ1v) is 6.41. The summed E-state index contributed by atoms with van der Waals surface area (Å²) in [6, 6.07) is 2.12. The second kappa shape index (κ2) is 5.05. The molecule has 1 aliphatic heterocycles. The second-order valence-electron chi connectivity index (χ2n) is 5.32. The molecule has 2 heterocycles. The summed E-state index contributed by atoms with van der Waals surface area (Å²) in [5.41, 5.74) is 1.37. The van der Waals surface area contributed by atoms with Gasteiger partial charge in [0, 0.05) is 11.7 Å². The van der Waals surface area contributed by atoms with Crippen molar-refractivity contribution in [2.75, 3.05) is 13.7 Å². The third-order valence-electron chi connectivity index (χ3n) is 3.50. The molecule has 0 radical (unpaired) electrons. The first kappa shape index (κ1) is 12.4. The van der Waals surface area contributed by atoms with Crippen molar-refractivity contribution in [2.24, 2.45) is 5.92 Å². The van der Waals surface area contributed by atoms with E-state index in [9.17, 15) is 0 Å². The Balaban J connectivity index is 2.31. The van der Waals surface area contributed by atoms with Crippen molar-refractivity contribution in [3.05, 3.63) is 24.0 Å². The van der Waals surface area contributed by atoms with Crippen LogP contribution in [0.2, 0.25) is 0 Å². The summed E-state index contributed by atoms with van der Waals surface area (Å²) in [6.07, 6.45) is 7.33. The number of ether oxygens (including phenoxy) is 1. The van der Waals surface area contributed by atoms with Gasteiger partial charge in [0.25, 0.3) is 0 Å². The van der Waals surface area contributed by atoms with Crippen molar-refractivity contribution in [1.29, 1.82) is 0 Å². The summed E-state index contributed by atoms with van der Waals surface area (Å²) in [7, 11) is 1.69. The van der Waals surface area contributed by atoms with Gasteiger partial charge in [0.1, 0.15) is 5.75 Å². The molecule has 3 heteroatoms. The molecule has 94 valence electrons. The zero-order chi connectivity index (χ0) is 12.3. The van der Waals surface area contributed by atoms with Gasteiger partial charge < -0.3 is 10.1 Å². The number of pyridine rings is 1. The summed E-state index contributed by atoms with van der Waals surface area (Å²) in [6.45, 7) is 5.65. The van der Waals surface area contributed by atoms with Crippen LogP contribution in [0.25, 0.3) is 0 Å². The van der Waals surface area contributed by atoms with E-state index in [2.05, 4.69) is 30.2 Å². The fraction of sp³-hybridized carbons (Fsp3) is 0.643. The Hall–Kier alpha value is -1.09. The fourth-order valence-electron chi connectivity index (χ4n) is 2.83. The van der Waals surface area contributed by atoms with Crippen LogP contribution in [0.4, 0.5) is 0 Å². The van der Waals surface area contributed by atoms with E-state index in [0.29, 0.717) is 5.92 Å². The smallest absolute Gasteiger partial charge is 0.137 e. The van der Waals surface area contributed by atoms with Crippen molar-refractivity contribution < 1.29 is 4.74 Å². The van der Waals surface area contributed by atoms with E-state index < -0.39 is 0 Å². The van der Waals surface area contributed by atoms with E-state index in [4.69, 9.17) is 4.74 Å². The lowest BCUT2D eigenvalue weighted by molar-refractivity contribution is 0.308. The third kappa shape index (κ3) is 2.60. The van der Waals surface area contributed by atoms with Gasteiger partial charge >= 0.3 is 0 Å². The molecule has 1 saturated heterocycles. The molecule has 0 spiro atoms. The molecule has 3 nitrogen and oxygen atoms in total. The van der Waals surface area contributed by atoms with Crippen LogP contribution in [0.15, 0.2) is 18.5 Å². The minimum Gasteiger partial charge on any atom is -0.495 e. The first-order chi connectivity index (χ1) is 8.16. The Morgan fingerprint density at radius 1 is 1.47 bits per heavy atom. The average molecular weight is 234 g/mol. The summed E-state index contributed by atoms with van der Waals surface area (Å²) in [5.74, 6) is 1.52. The molecule has 0 aromatic carbocycles. The average Bonchev–Trinajstić information content (AvgIpc) is 2.78. The molecule has 0 amide bonds. The third-order valence-corrected chi connectivity index (χ3v) is 3.50. The maximum absolute atomic E-state index is 5.27. The number of nitrogens with one attached hydrogen (secondary N) is 1. The van der Waals surface area contributed by atoms with E-state index in [1.807, 2.05) is 6.20 Å². The van der Waals surface area contributed by atoms with Crippen LogP contribution in [0.1, 0.15) is 38.7 Å². The molecule has 0 bridgehead atoms. The molecule has 1 fully saturated rings. The van der Waals surface area contributed by atoms with E-state index in [1.165, 1.54) is 18.4 Å². The number of rotatable bonds is 4. The lowest BCUT2D eigenvalue weighted by Gasteiger charge is -2.32. The van der Waals surface area contributed by atoms with Gasteiger partial charge in [-0.05, 0) is 43.4 Å². The predicted octanol–water partition coefficient (Wildman–Crippen LogP) is 2.72. The second-order valence-corrected chi connectivity index (χ2v) is 5.32. The minimum atomic E-state index is 0.107. The largest absolute Gasteiger partial charge is 0.495 e. The zero-order valence-electron chi connectivity index (χ0n) is 11.0. The van der Waals surface area contributed by atoms with Gasteiger partial charge in [-0.15, -0.1) is 0 Å². The zero-order valence-corrected chi connectivity index (χ0v) is 11.0. The van der Waals surface area contributed by atoms with Gasteiger partial charge in [0.05, 0.1) is 13.3 Å². The molecule has 2 rings (SSSR count). The summed E-state index contributed by atoms with van der Waals surface area (Å²) < 4.78 is 5.27. The summed E-state index contributed by atoms with van der Waals surface area (Å²) in [5, 5.41) is 3.67. The van der Waals surface area contributed by atoms with Gasteiger partial charge in [-0.3, -0.25) is 4.98 Å². The number of hydrogen-bond donors (Lipinski definition) is 1. The molecule has 1 aromatic heterocycles. The number of methoxy groups -OCH3 is 1. The molecule has 1 aromatic rings. The SMILES string of the molecule is COc1cncc(C2(CC(C)C)CCCN2)c1. The monoisotopic (exact) mass is 234 g/mol. The molecule has 1 N–H and O–H groups in total. The maximum atomic E-state index is 5.27. The van der Waals surface area contributed by atoms with E-state index in [1.54, 1.807) is 13.3 Å². The molecule has 1 atom stereocenters. The molecule has 0 saturated carbocycles. The maximum Gasteiger partial charge on any atom is 0.137 e. The Morgan fingerprint density at radius 3 is 2.88 bits per heavy atom. The van der Waals surface area contributed by atoms with Crippen LogP contribution < -0.4 is 10.1 Å². The Bertz CT molecular complexity index is 370. The van der Waals surface area contributed by atoms with Gasteiger partial charge in [0.2, 0.25) is 0 Å². The van der Waals surface area contributed by atoms with Gasteiger partial charge in [0.15, 0.2) is 0 Å². The van der Waals surface area contributed by atoms with E-state index in [-0.39, 0.29) is 5.54 Å². The lowest BCUT2D eigenvalue weighted by atomic mass is 9.82. The molecule has 17 heavy (non-hydrogen) atoms. The van der Waals surface area contributed by atoms with Gasteiger partial charge in [-0.2, -0.15) is 0 Å². The number of nitrogens with zero attached hydrogens (tertiary/aromatic N) is 1. The Morgan fingerprint density at radius 2 is 2.29 bits per heavy atom. The molecular formula is C14H22N2O. The Labute approximate surface area is 104 Å². The summed E-state index contributed by atoms with van der Waals surface area (Å²) >= 11 is 0. The standard InChI is InChI=1S/C14H22N2O/c1-11(2)8-14(5-4-6-16-14)12-7-13(17-3)10-15-9-12/h7,9-11,16H,4-6,8H2,1-3H3. The van der Waals surface area contributed by atoms with E-state index in [0.717, 1.165) is 18.7 Å². The van der Waals surface area contributed by atoms with Crippen LogP contribution in [-0.2, 0) is 5.54 Å². The highest BCUT2D eigenvalue weighted by Crippen LogP contribution is 2.37. The van der Waals surface area contributed by atoms with E-state index >= 15 is 0 Å². The quantitative estimate of drug-likeness (QED) is 0.869. The van der Waals surface area contributed by atoms with Crippen LogP contribution in [0.5, 0.6) is 5.75 Å². The predicted molar refractivity (Wildman–Crippen MR) is 69.2 cm³/mol. The molecule has 1 aliphatic rings. The highest BCUT2D eigenvalue weighted by molar-refractivity contribution is 5.30. The highest BCUT2D eigenvalue weighted by atomic mass is 16.5. The molecule has 1 unspecified atom stereocenters. The molecule has 0 aliphatic carbocycles. The molecular weight excluding hydrogens is 212 g/mol. The summed E-state index contributed by atoms with van der Waals surface area (Å²) in [4.78, 5) is 4.29. The van der Waals surface area contributed by atoms with Crippen molar-refractivity contribution in [2.45, 2.75) is 38.6 Å². The van der Waals surface area contributed by atoms with Crippen molar-refractivity contribution in [3.63, 3.8) is 0 Å².